The summed E-state index contributed by atoms with van der Waals surface area (Å²) in [7, 11) is 1.40. The maximum absolute atomic E-state index is 12.0. The fourth-order valence-electron chi connectivity index (χ4n) is 2.80. The Morgan fingerprint density at radius 2 is 2.13 bits per heavy atom. The Labute approximate surface area is 141 Å². The Hall–Kier alpha value is -2.26. The number of halogens is 1. The summed E-state index contributed by atoms with van der Waals surface area (Å²) < 4.78 is 4.88. The highest BCUT2D eigenvalue weighted by molar-refractivity contribution is 6.33. The second-order valence-corrected chi connectivity index (χ2v) is 5.74. The first-order valence-electron chi connectivity index (χ1n) is 7.61. The molecule has 3 nitrogen and oxygen atoms in total. The van der Waals surface area contributed by atoms with Crippen LogP contribution >= 0.6 is 11.6 Å². The molecule has 23 heavy (non-hydrogen) atoms. The molecule has 2 aliphatic heterocycles. The van der Waals surface area contributed by atoms with E-state index in [0.717, 1.165) is 40.3 Å². The van der Waals surface area contributed by atoms with Crippen LogP contribution in [-0.2, 0) is 16.0 Å². The normalized spacial score (nSPS) is 16.3. The van der Waals surface area contributed by atoms with Crippen LogP contribution in [0.5, 0.6) is 0 Å². The van der Waals surface area contributed by atoms with E-state index in [4.69, 9.17) is 16.3 Å². The molecule has 4 heteroatoms. The SMILES string of the molecule is CCc1cccc(C2=CN3C(=CCC=C3C(=O)OC)C=C2)c1Cl. The molecular weight excluding hydrogens is 310 g/mol. The van der Waals surface area contributed by atoms with E-state index in [-0.39, 0.29) is 5.97 Å². The number of allylic oxidation sites excluding steroid dienone is 5. The van der Waals surface area contributed by atoms with Crippen LogP contribution in [0.15, 0.2) is 60.1 Å². The highest BCUT2D eigenvalue weighted by Crippen LogP contribution is 2.34. The number of benzene rings is 1. The Bertz CT molecular complexity index is 772. The van der Waals surface area contributed by atoms with Crippen molar-refractivity contribution >= 4 is 23.1 Å². The van der Waals surface area contributed by atoms with Crippen molar-refractivity contribution in [1.82, 2.24) is 4.90 Å². The zero-order chi connectivity index (χ0) is 16.4. The maximum Gasteiger partial charge on any atom is 0.354 e. The lowest BCUT2D eigenvalue weighted by molar-refractivity contribution is -0.137. The molecule has 0 atom stereocenters. The molecule has 118 valence electrons. The molecule has 3 rings (SSSR count). The summed E-state index contributed by atoms with van der Waals surface area (Å²) in [5.41, 5.74) is 4.56. The van der Waals surface area contributed by atoms with Gasteiger partial charge in [0, 0.05) is 17.5 Å². The molecule has 0 radical (unpaired) electrons. The molecule has 0 aliphatic carbocycles. The average molecular weight is 328 g/mol. The third-order valence-electron chi connectivity index (χ3n) is 4.04. The molecular formula is C19H18ClNO2. The van der Waals surface area contributed by atoms with Gasteiger partial charge in [-0.05, 0) is 36.1 Å². The van der Waals surface area contributed by atoms with E-state index in [1.165, 1.54) is 7.11 Å². The largest absolute Gasteiger partial charge is 0.464 e. The fraction of sp³-hybridized carbons (Fsp3) is 0.211. The molecule has 1 aromatic carbocycles. The molecule has 0 unspecified atom stereocenters. The van der Waals surface area contributed by atoms with Crippen molar-refractivity contribution in [2.45, 2.75) is 19.8 Å². The summed E-state index contributed by atoms with van der Waals surface area (Å²) >= 11 is 6.53. The maximum atomic E-state index is 12.0. The van der Waals surface area contributed by atoms with Crippen LogP contribution in [0, 0.1) is 0 Å². The van der Waals surface area contributed by atoms with Gasteiger partial charge in [0.15, 0.2) is 0 Å². The van der Waals surface area contributed by atoms with Crippen molar-refractivity contribution in [3.05, 3.63) is 76.2 Å². The lowest BCUT2D eigenvalue weighted by atomic mass is 9.98. The summed E-state index contributed by atoms with van der Waals surface area (Å²) in [5, 5.41) is 0.763. The van der Waals surface area contributed by atoms with Crippen LogP contribution in [0.25, 0.3) is 5.57 Å². The van der Waals surface area contributed by atoms with Gasteiger partial charge in [-0.1, -0.05) is 48.9 Å². The fourth-order valence-corrected chi connectivity index (χ4v) is 3.17. The van der Waals surface area contributed by atoms with Gasteiger partial charge < -0.3 is 9.64 Å². The van der Waals surface area contributed by atoms with Crippen LogP contribution < -0.4 is 0 Å². The zero-order valence-corrected chi connectivity index (χ0v) is 13.9. The van der Waals surface area contributed by atoms with Gasteiger partial charge >= 0.3 is 5.97 Å². The topological polar surface area (TPSA) is 29.5 Å². The second-order valence-electron chi connectivity index (χ2n) is 5.37. The lowest BCUT2D eigenvalue weighted by Crippen LogP contribution is -2.26. The smallest absolute Gasteiger partial charge is 0.354 e. The number of fused-ring (bicyclic) bond motifs is 1. The predicted molar refractivity (Wildman–Crippen MR) is 92.6 cm³/mol. The molecule has 0 N–H and O–H groups in total. The van der Waals surface area contributed by atoms with Crippen LogP contribution in [-0.4, -0.2) is 18.0 Å². The minimum absolute atomic E-state index is 0.338. The van der Waals surface area contributed by atoms with E-state index in [0.29, 0.717) is 5.70 Å². The van der Waals surface area contributed by atoms with Crippen LogP contribution in [0.3, 0.4) is 0 Å². The Kier molecular flexibility index (Phi) is 4.39. The number of rotatable bonds is 3. The van der Waals surface area contributed by atoms with Crippen LogP contribution in [0.1, 0.15) is 24.5 Å². The monoisotopic (exact) mass is 327 g/mol. The summed E-state index contributed by atoms with van der Waals surface area (Å²) in [5.74, 6) is -0.338. The molecule has 2 heterocycles. The van der Waals surface area contributed by atoms with Gasteiger partial charge in [0.25, 0.3) is 0 Å². The number of ether oxygens (including phenoxy) is 1. The number of carbonyl (C=O) groups is 1. The Balaban J connectivity index is 2.03. The summed E-state index contributed by atoms with van der Waals surface area (Å²) in [4.78, 5) is 13.9. The molecule has 0 saturated carbocycles. The van der Waals surface area contributed by atoms with Crippen LogP contribution in [0.4, 0.5) is 0 Å². The standard InChI is InChI=1S/C19H18ClNO2/c1-3-13-6-4-8-16(18(13)20)14-10-11-15-7-5-9-17(19(22)23-2)21(15)12-14/h4,6-12H,3,5H2,1-2H3. The molecule has 0 fully saturated rings. The molecule has 0 aromatic heterocycles. The number of methoxy groups -OCH3 is 1. The van der Waals surface area contributed by atoms with Gasteiger partial charge in [-0.3, -0.25) is 0 Å². The van der Waals surface area contributed by atoms with E-state index >= 15 is 0 Å². The van der Waals surface area contributed by atoms with Gasteiger partial charge in [0.2, 0.25) is 0 Å². The van der Waals surface area contributed by atoms with E-state index in [1.54, 1.807) is 0 Å². The van der Waals surface area contributed by atoms with Gasteiger partial charge in [0.05, 0.1) is 12.1 Å². The zero-order valence-electron chi connectivity index (χ0n) is 13.2. The molecule has 0 amide bonds. The number of hydrogen-bond acceptors (Lipinski definition) is 3. The van der Waals surface area contributed by atoms with E-state index in [9.17, 15) is 4.79 Å². The van der Waals surface area contributed by atoms with Gasteiger partial charge in [-0.25, -0.2) is 4.79 Å². The quantitative estimate of drug-likeness (QED) is 0.768. The first kappa shape index (κ1) is 15.6. The minimum Gasteiger partial charge on any atom is -0.464 e. The summed E-state index contributed by atoms with van der Waals surface area (Å²) in [6.45, 7) is 2.08. The minimum atomic E-state index is -0.338. The third kappa shape index (κ3) is 2.84. The molecule has 0 saturated heterocycles. The molecule has 1 aromatic rings. The van der Waals surface area contributed by atoms with Gasteiger partial charge in [0.1, 0.15) is 5.70 Å². The average Bonchev–Trinajstić information content (AvgIpc) is 2.60. The number of aryl methyl sites for hydroxylation is 1. The second kappa shape index (κ2) is 6.47. The molecule has 0 bridgehead atoms. The van der Waals surface area contributed by atoms with Crippen molar-refractivity contribution < 1.29 is 9.53 Å². The first-order valence-corrected chi connectivity index (χ1v) is 7.99. The van der Waals surface area contributed by atoms with E-state index < -0.39 is 0 Å². The number of hydrogen-bond donors (Lipinski definition) is 0. The highest BCUT2D eigenvalue weighted by atomic mass is 35.5. The number of esters is 1. The summed E-state index contributed by atoms with van der Waals surface area (Å²) in [6.07, 6.45) is 11.5. The summed E-state index contributed by atoms with van der Waals surface area (Å²) in [6, 6.07) is 6.04. The van der Waals surface area contributed by atoms with Gasteiger partial charge in [-0.2, -0.15) is 0 Å². The number of carbonyl (C=O) groups excluding carboxylic acids is 1. The Morgan fingerprint density at radius 1 is 1.30 bits per heavy atom. The van der Waals surface area contributed by atoms with Crippen molar-refractivity contribution in [3.63, 3.8) is 0 Å². The predicted octanol–water partition coefficient (Wildman–Crippen LogP) is 4.46. The first-order chi connectivity index (χ1) is 11.2. The third-order valence-corrected chi connectivity index (χ3v) is 4.49. The van der Waals surface area contributed by atoms with Crippen molar-refractivity contribution in [3.8, 4) is 0 Å². The highest BCUT2D eigenvalue weighted by Gasteiger charge is 2.24. The lowest BCUT2D eigenvalue weighted by Gasteiger charge is -2.29. The van der Waals surface area contributed by atoms with Crippen molar-refractivity contribution in [2.24, 2.45) is 0 Å². The molecule has 2 aliphatic rings. The van der Waals surface area contributed by atoms with Crippen molar-refractivity contribution in [2.75, 3.05) is 7.11 Å². The molecule has 0 spiro atoms. The number of nitrogens with zero attached hydrogens (tertiary/aromatic N) is 1. The van der Waals surface area contributed by atoms with Gasteiger partial charge in [-0.15, -0.1) is 0 Å². The van der Waals surface area contributed by atoms with E-state index in [1.807, 2.05) is 47.5 Å². The Morgan fingerprint density at radius 3 is 2.87 bits per heavy atom. The van der Waals surface area contributed by atoms with E-state index in [2.05, 4.69) is 13.0 Å². The van der Waals surface area contributed by atoms with Crippen molar-refractivity contribution in [1.29, 1.82) is 0 Å². The van der Waals surface area contributed by atoms with Crippen LogP contribution in [0.2, 0.25) is 5.02 Å².